The molecule has 0 radical (unpaired) electrons. The van der Waals surface area contributed by atoms with Crippen LogP contribution in [0.15, 0.2) is 11.4 Å². The van der Waals surface area contributed by atoms with E-state index in [1.807, 2.05) is 18.4 Å². The molecule has 1 fully saturated rings. The fourth-order valence-electron chi connectivity index (χ4n) is 1.64. The van der Waals surface area contributed by atoms with Crippen molar-refractivity contribution in [2.24, 2.45) is 11.8 Å². The summed E-state index contributed by atoms with van der Waals surface area (Å²) in [5.74, 6) is -1.80. The average molecular weight is 239 g/mol. The maximum atomic E-state index is 11.6. The second-order valence-electron chi connectivity index (χ2n) is 4.03. The summed E-state index contributed by atoms with van der Waals surface area (Å²) in [4.78, 5) is 23.3. The van der Waals surface area contributed by atoms with Crippen molar-refractivity contribution in [1.29, 1.82) is 0 Å². The van der Waals surface area contributed by atoms with Gasteiger partial charge in [-0.2, -0.15) is 0 Å². The van der Waals surface area contributed by atoms with E-state index in [1.54, 1.807) is 11.3 Å². The smallest absolute Gasteiger partial charge is 0.307 e. The highest BCUT2D eigenvalue weighted by atomic mass is 32.1. The highest BCUT2D eigenvalue weighted by Crippen LogP contribution is 2.38. The summed E-state index contributed by atoms with van der Waals surface area (Å²) in [6.07, 6.45) is 0.477. The van der Waals surface area contributed by atoms with E-state index in [-0.39, 0.29) is 11.8 Å². The minimum atomic E-state index is -0.868. The zero-order chi connectivity index (χ0) is 11.7. The van der Waals surface area contributed by atoms with Crippen LogP contribution in [0.4, 0.5) is 0 Å². The van der Waals surface area contributed by atoms with Crippen LogP contribution in [0.2, 0.25) is 0 Å². The molecule has 1 saturated carbocycles. The monoisotopic (exact) mass is 239 g/mol. The summed E-state index contributed by atoms with van der Waals surface area (Å²) in [6, 6.07) is 2.00. The van der Waals surface area contributed by atoms with Gasteiger partial charge in [-0.3, -0.25) is 9.59 Å². The zero-order valence-electron chi connectivity index (χ0n) is 8.90. The summed E-state index contributed by atoms with van der Waals surface area (Å²) in [5, 5.41) is 13.5. The summed E-state index contributed by atoms with van der Waals surface area (Å²) < 4.78 is 0. The fourth-order valence-corrected chi connectivity index (χ4v) is 2.49. The lowest BCUT2D eigenvalue weighted by Gasteiger charge is -2.03. The molecular formula is C11H13NO3S. The number of thiophene rings is 1. The van der Waals surface area contributed by atoms with E-state index in [0.717, 1.165) is 10.4 Å². The number of aliphatic carboxylic acids is 1. The molecule has 0 aromatic carbocycles. The van der Waals surface area contributed by atoms with Crippen LogP contribution < -0.4 is 5.32 Å². The molecule has 0 unspecified atom stereocenters. The Bertz CT molecular complexity index is 427. The highest BCUT2D eigenvalue weighted by molar-refractivity contribution is 7.10. The van der Waals surface area contributed by atoms with Crippen molar-refractivity contribution in [2.45, 2.75) is 19.9 Å². The quantitative estimate of drug-likeness (QED) is 0.834. The molecule has 1 amide bonds. The SMILES string of the molecule is Cc1ccsc1CNC(=O)[C@@H]1C[C@@H]1C(=O)O. The van der Waals surface area contributed by atoms with Crippen LogP contribution in [0.25, 0.3) is 0 Å². The Kier molecular flexibility index (Phi) is 2.96. The molecule has 0 saturated heterocycles. The van der Waals surface area contributed by atoms with E-state index in [1.165, 1.54) is 0 Å². The fraction of sp³-hybridized carbons (Fsp3) is 0.455. The van der Waals surface area contributed by atoms with E-state index in [2.05, 4.69) is 5.32 Å². The van der Waals surface area contributed by atoms with E-state index < -0.39 is 11.9 Å². The molecule has 16 heavy (non-hydrogen) atoms. The first kappa shape index (κ1) is 11.1. The van der Waals surface area contributed by atoms with Gasteiger partial charge in [0.15, 0.2) is 0 Å². The lowest BCUT2D eigenvalue weighted by molar-refractivity contribution is -0.140. The van der Waals surface area contributed by atoms with E-state index in [9.17, 15) is 9.59 Å². The second-order valence-corrected chi connectivity index (χ2v) is 5.03. The Balaban J connectivity index is 1.82. The summed E-state index contributed by atoms with van der Waals surface area (Å²) in [5.41, 5.74) is 1.16. The van der Waals surface area contributed by atoms with Crippen LogP contribution in [0, 0.1) is 18.8 Å². The maximum Gasteiger partial charge on any atom is 0.307 e. The minimum Gasteiger partial charge on any atom is -0.481 e. The number of hydrogen-bond acceptors (Lipinski definition) is 3. The van der Waals surface area contributed by atoms with E-state index in [0.29, 0.717) is 13.0 Å². The molecule has 4 nitrogen and oxygen atoms in total. The zero-order valence-corrected chi connectivity index (χ0v) is 9.71. The Hall–Kier alpha value is -1.36. The molecule has 1 aromatic rings. The molecule has 2 rings (SSSR count). The maximum absolute atomic E-state index is 11.6. The molecule has 1 aliphatic carbocycles. The number of carbonyl (C=O) groups excluding carboxylic acids is 1. The van der Waals surface area contributed by atoms with Gasteiger partial charge in [0, 0.05) is 4.88 Å². The summed E-state index contributed by atoms with van der Waals surface area (Å²) in [7, 11) is 0. The van der Waals surface area contributed by atoms with Gasteiger partial charge in [0.1, 0.15) is 0 Å². The first-order chi connectivity index (χ1) is 7.59. The number of amides is 1. The van der Waals surface area contributed by atoms with Gasteiger partial charge in [0.2, 0.25) is 5.91 Å². The molecule has 2 N–H and O–H groups in total. The van der Waals surface area contributed by atoms with Gasteiger partial charge < -0.3 is 10.4 Å². The second kappa shape index (κ2) is 4.25. The lowest BCUT2D eigenvalue weighted by Crippen LogP contribution is -2.25. The Labute approximate surface area is 97.3 Å². The molecule has 86 valence electrons. The van der Waals surface area contributed by atoms with Crippen LogP contribution in [-0.4, -0.2) is 17.0 Å². The predicted octanol–water partition coefficient (Wildman–Crippen LogP) is 1.39. The summed E-state index contributed by atoms with van der Waals surface area (Å²) in [6.45, 7) is 2.50. The number of hydrogen-bond donors (Lipinski definition) is 2. The molecule has 2 atom stereocenters. The average Bonchev–Trinajstić information content (AvgIpc) is 2.94. The van der Waals surface area contributed by atoms with Crippen LogP contribution in [0.1, 0.15) is 16.9 Å². The lowest BCUT2D eigenvalue weighted by atomic mass is 10.2. The van der Waals surface area contributed by atoms with Crippen molar-refractivity contribution >= 4 is 23.2 Å². The van der Waals surface area contributed by atoms with Crippen molar-refractivity contribution < 1.29 is 14.7 Å². The number of nitrogens with one attached hydrogen (secondary N) is 1. The van der Waals surface area contributed by atoms with Crippen molar-refractivity contribution in [3.05, 3.63) is 21.9 Å². The molecule has 0 aliphatic heterocycles. The van der Waals surface area contributed by atoms with Crippen LogP contribution in [-0.2, 0) is 16.1 Å². The van der Waals surface area contributed by atoms with Gasteiger partial charge in [-0.25, -0.2) is 0 Å². The van der Waals surface area contributed by atoms with Gasteiger partial charge in [-0.15, -0.1) is 11.3 Å². The van der Waals surface area contributed by atoms with Gasteiger partial charge in [-0.05, 0) is 30.4 Å². The molecule has 0 bridgehead atoms. The normalized spacial score (nSPS) is 22.8. The molecule has 0 spiro atoms. The minimum absolute atomic E-state index is 0.139. The van der Waals surface area contributed by atoms with Crippen LogP contribution in [0.5, 0.6) is 0 Å². The number of carboxylic acid groups (broad SMARTS) is 1. The van der Waals surface area contributed by atoms with Crippen molar-refractivity contribution in [3.8, 4) is 0 Å². The number of carboxylic acids is 1. The topological polar surface area (TPSA) is 66.4 Å². The third-order valence-electron chi connectivity index (χ3n) is 2.84. The molecule has 1 aliphatic rings. The highest BCUT2D eigenvalue weighted by Gasteiger charge is 2.48. The Morgan fingerprint density at radius 2 is 2.31 bits per heavy atom. The van der Waals surface area contributed by atoms with Gasteiger partial charge >= 0.3 is 5.97 Å². The molecule has 5 heteroatoms. The number of aryl methyl sites for hydroxylation is 1. The van der Waals surface area contributed by atoms with Crippen molar-refractivity contribution in [2.75, 3.05) is 0 Å². The third-order valence-corrected chi connectivity index (χ3v) is 3.86. The predicted molar refractivity (Wildman–Crippen MR) is 60.1 cm³/mol. The van der Waals surface area contributed by atoms with Gasteiger partial charge in [0.05, 0.1) is 18.4 Å². The third kappa shape index (κ3) is 2.24. The Morgan fingerprint density at radius 1 is 1.56 bits per heavy atom. The van der Waals surface area contributed by atoms with Crippen LogP contribution in [0.3, 0.4) is 0 Å². The van der Waals surface area contributed by atoms with Gasteiger partial charge in [0.25, 0.3) is 0 Å². The summed E-state index contributed by atoms with van der Waals surface area (Å²) >= 11 is 1.60. The number of rotatable bonds is 4. The first-order valence-corrected chi connectivity index (χ1v) is 6.01. The van der Waals surface area contributed by atoms with Crippen molar-refractivity contribution in [1.82, 2.24) is 5.32 Å². The standard InChI is InChI=1S/C11H13NO3S/c1-6-2-3-16-9(6)5-12-10(13)7-4-8(7)11(14)15/h2-3,7-8H,4-5H2,1H3,(H,12,13)(H,14,15)/t7-,8+/m1/s1. The van der Waals surface area contributed by atoms with Crippen molar-refractivity contribution in [3.63, 3.8) is 0 Å². The van der Waals surface area contributed by atoms with Crippen LogP contribution >= 0.6 is 11.3 Å². The first-order valence-electron chi connectivity index (χ1n) is 5.13. The van der Waals surface area contributed by atoms with E-state index in [4.69, 9.17) is 5.11 Å². The molecule has 1 heterocycles. The van der Waals surface area contributed by atoms with Gasteiger partial charge in [-0.1, -0.05) is 0 Å². The number of carbonyl (C=O) groups is 2. The largest absolute Gasteiger partial charge is 0.481 e. The Morgan fingerprint density at radius 3 is 2.81 bits per heavy atom. The van der Waals surface area contributed by atoms with E-state index >= 15 is 0 Å². The molecule has 1 aromatic heterocycles. The molecular weight excluding hydrogens is 226 g/mol.